The van der Waals surface area contributed by atoms with E-state index < -0.39 is 0 Å². The van der Waals surface area contributed by atoms with E-state index in [4.69, 9.17) is 11.6 Å². The number of amides is 1. The van der Waals surface area contributed by atoms with E-state index >= 15 is 0 Å². The standard InChI is InChI=1S/C16H22ClN5O/c1-12(21-7-5-20(2)6-8-21)11-18-16(23)15-10-14-9-13(17)3-4-22(14)19-15/h3-4,9-10,12H,5-8,11H2,1-2H3,(H,18,23)/t12-/m1/s1. The highest BCUT2D eigenvalue weighted by Crippen LogP contribution is 2.13. The Labute approximate surface area is 141 Å². The number of carbonyl (C=O) groups is 1. The number of halogens is 1. The van der Waals surface area contributed by atoms with Gasteiger partial charge < -0.3 is 10.2 Å². The lowest BCUT2D eigenvalue weighted by atomic mass is 10.2. The first-order chi connectivity index (χ1) is 11.0. The van der Waals surface area contributed by atoms with Crippen LogP contribution in [0.1, 0.15) is 17.4 Å². The smallest absolute Gasteiger partial charge is 0.271 e. The molecule has 0 radical (unpaired) electrons. The summed E-state index contributed by atoms with van der Waals surface area (Å²) in [5, 5.41) is 7.89. The van der Waals surface area contributed by atoms with Gasteiger partial charge in [-0.05, 0) is 32.2 Å². The molecule has 23 heavy (non-hydrogen) atoms. The van der Waals surface area contributed by atoms with Gasteiger partial charge in [0.05, 0.1) is 5.52 Å². The van der Waals surface area contributed by atoms with E-state index in [1.54, 1.807) is 28.9 Å². The van der Waals surface area contributed by atoms with E-state index in [9.17, 15) is 4.79 Å². The second-order valence-electron chi connectivity index (χ2n) is 6.14. The fourth-order valence-corrected chi connectivity index (χ4v) is 2.97. The molecule has 0 saturated carbocycles. The van der Waals surface area contributed by atoms with Crippen LogP contribution >= 0.6 is 11.6 Å². The molecule has 2 aromatic rings. The van der Waals surface area contributed by atoms with E-state index in [1.807, 2.05) is 0 Å². The monoisotopic (exact) mass is 335 g/mol. The molecule has 0 aliphatic carbocycles. The summed E-state index contributed by atoms with van der Waals surface area (Å²) in [7, 11) is 2.14. The molecule has 0 unspecified atom stereocenters. The number of nitrogens with zero attached hydrogens (tertiary/aromatic N) is 4. The summed E-state index contributed by atoms with van der Waals surface area (Å²) >= 11 is 5.96. The van der Waals surface area contributed by atoms with Crippen molar-refractivity contribution < 1.29 is 4.79 Å². The normalized spacial score (nSPS) is 18.2. The van der Waals surface area contributed by atoms with Gasteiger partial charge >= 0.3 is 0 Å². The van der Waals surface area contributed by atoms with Crippen LogP contribution in [0.15, 0.2) is 24.4 Å². The summed E-state index contributed by atoms with van der Waals surface area (Å²) in [6.45, 7) is 7.00. The van der Waals surface area contributed by atoms with Crippen LogP contribution in [-0.2, 0) is 0 Å². The minimum Gasteiger partial charge on any atom is -0.349 e. The van der Waals surface area contributed by atoms with E-state index in [0.717, 1.165) is 31.7 Å². The van der Waals surface area contributed by atoms with Gasteiger partial charge in [0.2, 0.25) is 0 Å². The Morgan fingerprint density at radius 1 is 1.35 bits per heavy atom. The third kappa shape index (κ3) is 3.83. The van der Waals surface area contributed by atoms with E-state index in [-0.39, 0.29) is 5.91 Å². The van der Waals surface area contributed by atoms with Crippen LogP contribution in [0.3, 0.4) is 0 Å². The Hall–Kier alpha value is -1.63. The highest BCUT2D eigenvalue weighted by Gasteiger charge is 2.20. The molecule has 1 saturated heterocycles. The average Bonchev–Trinajstić information content (AvgIpc) is 2.96. The van der Waals surface area contributed by atoms with Gasteiger partial charge in [-0.1, -0.05) is 11.6 Å². The maximum atomic E-state index is 12.3. The minimum atomic E-state index is -0.147. The Morgan fingerprint density at radius 3 is 2.83 bits per heavy atom. The maximum Gasteiger partial charge on any atom is 0.271 e. The van der Waals surface area contributed by atoms with Crippen molar-refractivity contribution >= 4 is 23.0 Å². The number of pyridine rings is 1. The number of hydrogen-bond acceptors (Lipinski definition) is 4. The number of rotatable bonds is 4. The molecule has 1 aliphatic heterocycles. The molecule has 1 fully saturated rings. The van der Waals surface area contributed by atoms with Crippen molar-refractivity contribution in [2.24, 2.45) is 0 Å². The summed E-state index contributed by atoms with van der Waals surface area (Å²) in [5.41, 5.74) is 1.23. The van der Waals surface area contributed by atoms with Crippen molar-refractivity contribution in [3.8, 4) is 0 Å². The molecule has 2 aromatic heterocycles. The molecule has 1 atom stereocenters. The predicted octanol–water partition coefficient (Wildman–Crippen LogP) is 1.35. The molecule has 1 amide bonds. The van der Waals surface area contributed by atoms with Crippen LogP contribution in [0, 0.1) is 0 Å². The second kappa shape index (κ2) is 6.86. The summed E-state index contributed by atoms with van der Waals surface area (Å²) in [5.74, 6) is -0.147. The number of carbonyl (C=O) groups excluding carboxylic acids is 1. The van der Waals surface area contributed by atoms with Gasteiger partial charge in [-0.2, -0.15) is 5.10 Å². The lowest BCUT2D eigenvalue weighted by Crippen LogP contribution is -2.51. The highest BCUT2D eigenvalue weighted by atomic mass is 35.5. The second-order valence-corrected chi connectivity index (χ2v) is 6.58. The first-order valence-electron chi connectivity index (χ1n) is 7.88. The number of piperazine rings is 1. The zero-order valence-corrected chi connectivity index (χ0v) is 14.3. The topological polar surface area (TPSA) is 52.9 Å². The Morgan fingerprint density at radius 2 is 2.09 bits per heavy atom. The van der Waals surface area contributed by atoms with Crippen molar-refractivity contribution in [1.82, 2.24) is 24.7 Å². The number of likely N-dealkylation sites (N-methyl/N-ethyl adjacent to an activating group) is 1. The van der Waals surface area contributed by atoms with Gasteiger partial charge in [0.25, 0.3) is 5.91 Å². The van der Waals surface area contributed by atoms with Gasteiger partial charge in [0.15, 0.2) is 5.69 Å². The van der Waals surface area contributed by atoms with Crippen molar-refractivity contribution in [3.63, 3.8) is 0 Å². The van der Waals surface area contributed by atoms with E-state index in [2.05, 4.69) is 34.2 Å². The zero-order valence-electron chi connectivity index (χ0n) is 13.5. The minimum absolute atomic E-state index is 0.147. The lowest BCUT2D eigenvalue weighted by molar-refractivity contribution is 0.0899. The quantitative estimate of drug-likeness (QED) is 0.916. The molecule has 1 N–H and O–H groups in total. The first kappa shape index (κ1) is 16.2. The number of nitrogens with one attached hydrogen (secondary N) is 1. The van der Waals surface area contributed by atoms with Crippen LogP contribution in [0.4, 0.5) is 0 Å². The molecule has 3 heterocycles. The summed E-state index contributed by atoms with van der Waals surface area (Å²) in [6, 6.07) is 5.61. The highest BCUT2D eigenvalue weighted by molar-refractivity contribution is 6.30. The van der Waals surface area contributed by atoms with Crippen LogP contribution in [0.5, 0.6) is 0 Å². The fraction of sp³-hybridized carbons (Fsp3) is 0.500. The van der Waals surface area contributed by atoms with E-state index in [1.165, 1.54) is 0 Å². The number of hydrogen-bond donors (Lipinski definition) is 1. The van der Waals surface area contributed by atoms with Gasteiger partial charge in [0, 0.05) is 50.0 Å². The molecule has 7 heteroatoms. The molecule has 0 bridgehead atoms. The Kier molecular flexibility index (Phi) is 4.84. The molecule has 6 nitrogen and oxygen atoms in total. The van der Waals surface area contributed by atoms with Crippen molar-refractivity contribution in [3.05, 3.63) is 35.1 Å². The largest absolute Gasteiger partial charge is 0.349 e. The molecule has 124 valence electrons. The SMILES string of the molecule is C[C@H](CNC(=O)c1cc2cc(Cl)ccn2n1)N1CCN(C)CC1. The molecule has 0 spiro atoms. The summed E-state index contributed by atoms with van der Waals surface area (Å²) in [6.07, 6.45) is 1.75. The summed E-state index contributed by atoms with van der Waals surface area (Å²) < 4.78 is 1.66. The Bertz CT molecular complexity index is 693. The molecule has 1 aliphatic rings. The van der Waals surface area contributed by atoms with Crippen molar-refractivity contribution in [1.29, 1.82) is 0 Å². The third-order valence-corrected chi connectivity index (χ3v) is 4.61. The average molecular weight is 336 g/mol. The molecule has 0 aromatic carbocycles. The Balaban J connectivity index is 1.57. The fourth-order valence-electron chi connectivity index (χ4n) is 2.80. The number of aromatic nitrogens is 2. The number of fused-ring (bicyclic) bond motifs is 1. The van der Waals surface area contributed by atoms with Crippen LogP contribution in [0.25, 0.3) is 5.52 Å². The first-order valence-corrected chi connectivity index (χ1v) is 8.26. The van der Waals surface area contributed by atoms with E-state index in [0.29, 0.717) is 23.3 Å². The van der Waals surface area contributed by atoms with Gasteiger partial charge in [-0.3, -0.25) is 9.69 Å². The lowest BCUT2D eigenvalue weighted by Gasteiger charge is -2.36. The summed E-state index contributed by atoms with van der Waals surface area (Å²) in [4.78, 5) is 17.0. The predicted molar refractivity (Wildman–Crippen MR) is 91.1 cm³/mol. The third-order valence-electron chi connectivity index (χ3n) is 4.38. The zero-order chi connectivity index (χ0) is 16.4. The van der Waals surface area contributed by atoms with Crippen molar-refractivity contribution in [2.45, 2.75) is 13.0 Å². The van der Waals surface area contributed by atoms with Crippen LogP contribution in [-0.4, -0.2) is 71.1 Å². The van der Waals surface area contributed by atoms with Crippen molar-refractivity contribution in [2.75, 3.05) is 39.8 Å². The van der Waals surface area contributed by atoms with Crippen LogP contribution < -0.4 is 5.32 Å². The molecular weight excluding hydrogens is 314 g/mol. The maximum absolute atomic E-state index is 12.3. The molecular formula is C16H22ClN5O. The van der Waals surface area contributed by atoms with Crippen LogP contribution in [0.2, 0.25) is 5.02 Å². The van der Waals surface area contributed by atoms with Gasteiger partial charge in [0.1, 0.15) is 0 Å². The van der Waals surface area contributed by atoms with Gasteiger partial charge in [-0.25, -0.2) is 4.52 Å². The molecule has 3 rings (SSSR count). The van der Waals surface area contributed by atoms with Gasteiger partial charge in [-0.15, -0.1) is 0 Å².